The van der Waals surface area contributed by atoms with Crippen LogP contribution in [0.2, 0.25) is 0 Å². The summed E-state index contributed by atoms with van der Waals surface area (Å²) in [6.07, 6.45) is -2.59. The van der Waals surface area contributed by atoms with Crippen LogP contribution in [0.15, 0.2) is 0 Å². The molecule has 14 heavy (non-hydrogen) atoms. The summed E-state index contributed by atoms with van der Waals surface area (Å²) in [6.45, 7) is 3.53. The van der Waals surface area contributed by atoms with Crippen LogP contribution in [-0.2, 0) is 19.0 Å². The highest BCUT2D eigenvalue weighted by Gasteiger charge is 2.62. The van der Waals surface area contributed by atoms with Crippen molar-refractivity contribution >= 4 is 11.9 Å². The van der Waals surface area contributed by atoms with Crippen molar-refractivity contribution in [3.63, 3.8) is 0 Å². The largest absolute Gasteiger partial charge is 0.509 e. The van der Waals surface area contributed by atoms with E-state index >= 15 is 0 Å². The summed E-state index contributed by atoms with van der Waals surface area (Å²) in [5.41, 5.74) is -0.662. The van der Waals surface area contributed by atoms with Crippen molar-refractivity contribution in [2.75, 3.05) is 7.11 Å². The minimum atomic E-state index is -0.789. The van der Waals surface area contributed by atoms with Crippen molar-refractivity contribution in [2.24, 2.45) is 5.41 Å². The second kappa shape index (κ2) is 2.70. The number of hydrogen-bond acceptors (Lipinski definition) is 5. The minimum absolute atomic E-state index is 0.139. The maximum atomic E-state index is 11.8. The number of ether oxygens (including phenoxy) is 3. The van der Waals surface area contributed by atoms with E-state index in [4.69, 9.17) is 14.2 Å². The molecule has 0 N–H and O–H groups in total. The predicted octanol–water partition coefficient (Wildman–Crippen LogP) is 0.514. The summed E-state index contributed by atoms with van der Waals surface area (Å²) in [4.78, 5) is 22.6. The first-order valence-corrected chi connectivity index (χ1v) is 4.43. The summed E-state index contributed by atoms with van der Waals surface area (Å²) in [5.74, 6) is -0.139. The lowest BCUT2D eigenvalue weighted by Crippen LogP contribution is -2.36. The summed E-state index contributed by atoms with van der Waals surface area (Å²) in [6, 6.07) is 0. The normalized spacial score (nSPS) is 39.2. The summed E-state index contributed by atoms with van der Waals surface area (Å²) >= 11 is 0. The lowest BCUT2D eigenvalue weighted by Gasteiger charge is -2.25. The summed E-state index contributed by atoms with van der Waals surface area (Å²) < 4.78 is 14.8. The highest BCUT2D eigenvalue weighted by atomic mass is 16.8. The van der Waals surface area contributed by atoms with Gasteiger partial charge in [0.2, 0.25) is 6.10 Å². The van der Waals surface area contributed by atoms with Gasteiger partial charge in [0.05, 0.1) is 5.41 Å². The van der Waals surface area contributed by atoms with E-state index in [1.54, 1.807) is 13.8 Å². The van der Waals surface area contributed by atoms with E-state index in [0.717, 1.165) is 0 Å². The van der Waals surface area contributed by atoms with E-state index in [1.165, 1.54) is 7.11 Å². The van der Waals surface area contributed by atoms with E-state index in [2.05, 4.69) is 0 Å². The average molecular weight is 200 g/mol. The highest BCUT2D eigenvalue weighted by molar-refractivity contribution is 5.95. The van der Waals surface area contributed by atoms with E-state index in [-0.39, 0.29) is 5.78 Å². The molecule has 78 valence electrons. The smallest absolute Gasteiger partial charge is 0.424 e. The number of carbonyl (C=O) groups is 2. The first-order chi connectivity index (χ1) is 6.48. The molecule has 1 saturated heterocycles. The Labute approximate surface area is 81.3 Å². The van der Waals surface area contributed by atoms with Crippen molar-refractivity contribution in [3.8, 4) is 0 Å². The van der Waals surface area contributed by atoms with Gasteiger partial charge in [-0.1, -0.05) is 13.8 Å². The molecule has 0 radical (unpaired) electrons. The van der Waals surface area contributed by atoms with Crippen LogP contribution in [0.3, 0.4) is 0 Å². The number of ketones is 1. The predicted molar refractivity (Wildman–Crippen MR) is 44.7 cm³/mol. The van der Waals surface area contributed by atoms with E-state index in [1.807, 2.05) is 0 Å². The Hall–Kier alpha value is -1.10. The van der Waals surface area contributed by atoms with Crippen LogP contribution in [0.25, 0.3) is 0 Å². The van der Waals surface area contributed by atoms with Crippen molar-refractivity contribution in [1.82, 2.24) is 0 Å². The van der Waals surface area contributed by atoms with Crippen LogP contribution in [0.5, 0.6) is 0 Å². The zero-order valence-electron chi connectivity index (χ0n) is 8.27. The van der Waals surface area contributed by atoms with Crippen LogP contribution in [0.1, 0.15) is 13.8 Å². The Morgan fingerprint density at radius 2 is 1.93 bits per heavy atom. The van der Waals surface area contributed by atoms with Crippen LogP contribution in [0, 0.1) is 5.41 Å². The number of methoxy groups -OCH3 is 1. The van der Waals surface area contributed by atoms with Crippen LogP contribution in [-0.4, -0.2) is 37.4 Å². The third-order valence-corrected chi connectivity index (χ3v) is 2.91. The first kappa shape index (κ1) is 9.45. The third-order valence-electron chi connectivity index (χ3n) is 2.91. The molecule has 1 aliphatic carbocycles. The Kier molecular flexibility index (Phi) is 1.82. The topological polar surface area (TPSA) is 61.8 Å². The standard InChI is InChI=1S/C9H12O5/c1-9(2)6(10)4-5(7(9)12-3)14-8(11)13-4/h4-5,7H,1-3H3/t4-,5+,7-/m0/s1. The Bertz CT molecular complexity index is 296. The fraction of sp³-hybridized carbons (Fsp3) is 0.778. The molecule has 1 aliphatic heterocycles. The molecule has 3 atom stereocenters. The molecular formula is C9H12O5. The van der Waals surface area contributed by atoms with Gasteiger partial charge in [0, 0.05) is 7.11 Å². The lowest BCUT2D eigenvalue weighted by molar-refractivity contribution is -0.133. The molecule has 2 aliphatic rings. The summed E-state index contributed by atoms with van der Waals surface area (Å²) in [7, 11) is 1.49. The number of fused-ring (bicyclic) bond motifs is 1. The molecule has 2 fully saturated rings. The quantitative estimate of drug-likeness (QED) is 0.577. The van der Waals surface area contributed by atoms with E-state index < -0.39 is 29.9 Å². The van der Waals surface area contributed by atoms with Crippen molar-refractivity contribution < 1.29 is 23.8 Å². The van der Waals surface area contributed by atoms with Gasteiger partial charge >= 0.3 is 6.16 Å². The zero-order chi connectivity index (χ0) is 10.5. The molecule has 2 rings (SSSR count). The van der Waals surface area contributed by atoms with Gasteiger partial charge in [0.15, 0.2) is 11.9 Å². The Morgan fingerprint density at radius 1 is 1.29 bits per heavy atom. The van der Waals surface area contributed by atoms with E-state index in [9.17, 15) is 9.59 Å². The van der Waals surface area contributed by atoms with Gasteiger partial charge < -0.3 is 14.2 Å². The van der Waals surface area contributed by atoms with Crippen molar-refractivity contribution in [1.29, 1.82) is 0 Å². The molecule has 0 unspecified atom stereocenters. The third kappa shape index (κ3) is 0.987. The van der Waals surface area contributed by atoms with Crippen LogP contribution < -0.4 is 0 Å². The number of Topliss-reactive ketones (excluding diaryl/α,β-unsaturated/α-hetero) is 1. The van der Waals surface area contributed by atoms with Crippen LogP contribution >= 0.6 is 0 Å². The highest BCUT2D eigenvalue weighted by Crippen LogP contribution is 2.42. The zero-order valence-corrected chi connectivity index (χ0v) is 8.27. The molecule has 0 spiro atoms. The average Bonchev–Trinajstić information content (AvgIpc) is 2.52. The first-order valence-electron chi connectivity index (χ1n) is 4.43. The molecule has 0 amide bonds. The van der Waals surface area contributed by atoms with Crippen molar-refractivity contribution in [3.05, 3.63) is 0 Å². The lowest BCUT2D eigenvalue weighted by atomic mass is 9.88. The molecule has 1 saturated carbocycles. The van der Waals surface area contributed by atoms with Gasteiger partial charge in [0.25, 0.3) is 0 Å². The van der Waals surface area contributed by atoms with Gasteiger partial charge in [-0.2, -0.15) is 0 Å². The second-order valence-electron chi connectivity index (χ2n) is 4.11. The summed E-state index contributed by atoms with van der Waals surface area (Å²) in [5, 5.41) is 0. The Balaban J connectivity index is 2.33. The Morgan fingerprint density at radius 3 is 2.50 bits per heavy atom. The number of carbonyl (C=O) groups excluding carboxylic acids is 2. The number of rotatable bonds is 1. The van der Waals surface area contributed by atoms with Gasteiger partial charge in [-0.25, -0.2) is 4.79 Å². The van der Waals surface area contributed by atoms with E-state index in [0.29, 0.717) is 0 Å². The maximum absolute atomic E-state index is 11.8. The van der Waals surface area contributed by atoms with Crippen molar-refractivity contribution in [2.45, 2.75) is 32.2 Å². The van der Waals surface area contributed by atoms with Gasteiger partial charge in [-0.15, -0.1) is 0 Å². The molecule has 0 aromatic carbocycles. The molecule has 0 aromatic heterocycles. The molecule has 5 nitrogen and oxygen atoms in total. The van der Waals surface area contributed by atoms with Gasteiger partial charge in [-0.3, -0.25) is 4.79 Å². The second-order valence-corrected chi connectivity index (χ2v) is 4.11. The monoisotopic (exact) mass is 200 g/mol. The molecule has 0 bridgehead atoms. The van der Waals surface area contributed by atoms with Gasteiger partial charge in [-0.05, 0) is 0 Å². The maximum Gasteiger partial charge on any atom is 0.509 e. The molecular weight excluding hydrogens is 188 g/mol. The fourth-order valence-corrected chi connectivity index (χ4v) is 2.14. The number of hydrogen-bond donors (Lipinski definition) is 0. The molecule has 5 heteroatoms. The SMILES string of the molecule is CO[C@H]1[C@@H]2OC(=O)O[C@@H]2C(=O)C1(C)C. The fourth-order valence-electron chi connectivity index (χ4n) is 2.14. The minimum Gasteiger partial charge on any atom is -0.424 e. The van der Waals surface area contributed by atoms with Gasteiger partial charge in [0.1, 0.15) is 6.10 Å². The molecule has 1 heterocycles. The van der Waals surface area contributed by atoms with Crippen LogP contribution in [0.4, 0.5) is 4.79 Å². The molecule has 0 aromatic rings.